The van der Waals surface area contributed by atoms with E-state index >= 15 is 0 Å². The number of rotatable bonds is 5. The van der Waals surface area contributed by atoms with Crippen molar-refractivity contribution < 1.29 is 9.32 Å². The van der Waals surface area contributed by atoms with Crippen molar-refractivity contribution in [2.24, 2.45) is 0 Å². The molecular formula is C19H15ClN6O2. The van der Waals surface area contributed by atoms with Crippen molar-refractivity contribution in [1.29, 1.82) is 0 Å². The van der Waals surface area contributed by atoms with Crippen LogP contribution in [0.5, 0.6) is 0 Å². The molecule has 1 amide bonds. The number of para-hydroxylation sites is 1. The quantitative estimate of drug-likeness (QED) is 0.558. The highest BCUT2D eigenvalue weighted by Gasteiger charge is 2.19. The van der Waals surface area contributed by atoms with Crippen molar-refractivity contribution in [3.8, 4) is 17.1 Å². The van der Waals surface area contributed by atoms with Crippen molar-refractivity contribution in [3.63, 3.8) is 0 Å². The first kappa shape index (κ1) is 17.9. The maximum absolute atomic E-state index is 12.3. The van der Waals surface area contributed by atoms with E-state index in [9.17, 15) is 4.79 Å². The first-order chi connectivity index (χ1) is 13.6. The Morgan fingerprint density at radius 3 is 2.89 bits per heavy atom. The summed E-state index contributed by atoms with van der Waals surface area (Å²) in [6, 6.07) is 11.0. The van der Waals surface area contributed by atoms with Crippen molar-refractivity contribution >= 4 is 17.5 Å². The SMILES string of the molecule is Cc1nn(-c2ccccc2Cl)cc1-c1noc(C(=O)NCc2cccnc2)n1. The van der Waals surface area contributed by atoms with Gasteiger partial charge in [0.25, 0.3) is 0 Å². The van der Waals surface area contributed by atoms with Gasteiger partial charge in [0.1, 0.15) is 0 Å². The predicted octanol–water partition coefficient (Wildman–Crippen LogP) is 3.21. The number of aromatic nitrogens is 5. The molecule has 4 aromatic rings. The highest BCUT2D eigenvalue weighted by molar-refractivity contribution is 6.32. The van der Waals surface area contributed by atoms with E-state index in [0.29, 0.717) is 22.8 Å². The van der Waals surface area contributed by atoms with Crippen LogP contribution in [0.1, 0.15) is 21.9 Å². The van der Waals surface area contributed by atoms with Gasteiger partial charge < -0.3 is 9.84 Å². The topological polar surface area (TPSA) is 98.7 Å². The fourth-order valence-corrected chi connectivity index (χ4v) is 2.85. The Balaban J connectivity index is 1.53. The van der Waals surface area contributed by atoms with Crippen molar-refractivity contribution in [3.05, 3.63) is 77.2 Å². The van der Waals surface area contributed by atoms with Crippen LogP contribution in [0.2, 0.25) is 5.02 Å². The lowest BCUT2D eigenvalue weighted by Gasteiger charge is -2.02. The molecule has 9 heteroatoms. The van der Waals surface area contributed by atoms with Gasteiger partial charge in [-0.2, -0.15) is 10.1 Å². The summed E-state index contributed by atoms with van der Waals surface area (Å²) in [7, 11) is 0. The average molecular weight is 395 g/mol. The maximum atomic E-state index is 12.3. The average Bonchev–Trinajstić information content (AvgIpc) is 3.34. The first-order valence-electron chi connectivity index (χ1n) is 8.44. The maximum Gasteiger partial charge on any atom is 0.316 e. The highest BCUT2D eigenvalue weighted by Crippen LogP contribution is 2.24. The highest BCUT2D eigenvalue weighted by atomic mass is 35.5. The zero-order valence-corrected chi connectivity index (χ0v) is 15.6. The molecule has 0 fully saturated rings. The molecule has 0 bridgehead atoms. The van der Waals surface area contributed by atoms with Crippen LogP contribution >= 0.6 is 11.6 Å². The van der Waals surface area contributed by atoms with Crippen molar-refractivity contribution in [1.82, 2.24) is 30.2 Å². The van der Waals surface area contributed by atoms with Crippen LogP contribution in [0.25, 0.3) is 17.1 Å². The van der Waals surface area contributed by atoms with E-state index < -0.39 is 5.91 Å². The molecule has 0 aliphatic rings. The third-order valence-electron chi connectivity index (χ3n) is 4.04. The molecule has 0 unspecified atom stereocenters. The number of hydrogen-bond donors (Lipinski definition) is 1. The molecule has 0 radical (unpaired) electrons. The Morgan fingerprint density at radius 1 is 1.25 bits per heavy atom. The molecule has 3 heterocycles. The van der Waals surface area contributed by atoms with E-state index in [2.05, 4.69) is 25.5 Å². The number of nitrogens with one attached hydrogen (secondary N) is 1. The summed E-state index contributed by atoms with van der Waals surface area (Å²) >= 11 is 6.23. The zero-order chi connectivity index (χ0) is 19.5. The third-order valence-corrected chi connectivity index (χ3v) is 4.35. The molecule has 28 heavy (non-hydrogen) atoms. The molecule has 4 rings (SSSR count). The van der Waals surface area contributed by atoms with Crippen LogP contribution < -0.4 is 5.32 Å². The van der Waals surface area contributed by atoms with Crippen molar-refractivity contribution in [2.75, 3.05) is 0 Å². The molecule has 1 aromatic carbocycles. The van der Waals surface area contributed by atoms with Gasteiger partial charge in [0.15, 0.2) is 0 Å². The summed E-state index contributed by atoms with van der Waals surface area (Å²) in [5.41, 5.74) is 2.93. The summed E-state index contributed by atoms with van der Waals surface area (Å²) in [4.78, 5) is 20.4. The molecule has 0 spiro atoms. The predicted molar refractivity (Wildman–Crippen MR) is 102 cm³/mol. The lowest BCUT2D eigenvalue weighted by atomic mass is 10.2. The van der Waals surface area contributed by atoms with Gasteiger partial charge in [0, 0.05) is 25.1 Å². The summed E-state index contributed by atoms with van der Waals surface area (Å²) in [6.45, 7) is 2.13. The van der Waals surface area contributed by atoms with E-state index in [1.807, 2.05) is 31.2 Å². The van der Waals surface area contributed by atoms with Crippen molar-refractivity contribution in [2.45, 2.75) is 13.5 Å². The number of aryl methyl sites for hydroxylation is 1. The summed E-state index contributed by atoms with van der Waals surface area (Å²) < 4.78 is 6.76. The number of carbonyl (C=O) groups excluding carboxylic acids is 1. The lowest BCUT2D eigenvalue weighted by molar-refractivity contribution is 0.0907. The Labute approximate surface area is 165 Å². The molecule has 0 aliphatic heterocycles. The van der Waals surface area contributed by atoms with Crippen LogP contribution in [-0.2, 0) is 6.54 Å². The summed E-state index contributed by atoms with van der Waals surface area (Å²) in [5.74, 6) is -0.301. The Kier molecular flexibility index (Phi) is 4.86. The Hall–Kier alpha value is -3.52. The monoisotopic (exact) mass is 394 g/mol. The standard InChI is InChI=1S/C19H15ClN6O2/c1-12-14(11-26(24-12)16-7-3-2-6-15(16)20)17-23-19(28-25-17)18(27)22-10-13-5-4-8-21-9-13/h2-9,11H,10H2,1H3,(H,22,27). The fraction of sp³-hybridized carbons (Fsp3) is 0.105. The molecule has 0 saturated heterocycles. The first-order valence-corrected chi connectivity index (χ1v) is 8.82. The number of halogens is 1. The second kappa shape index (κ2) is 7.61. The van der Waals surface area contributed by atoms with E-state index in [0.717, 1.165) is 11.3 Å². The second-order valence-corrected chi connectivity index (χ2v) is 6.40. The van der Waals surface area contributed by atoms with Gasteiger partial charge >= 0.3 is 11.8 Å². The van der Waals surface area contributed by atoms with E-state index in [4.69, 9.17) is 16.1 Å². The number of hydrogen-bond acceptors (Lipinski definition) is 6. The number of carbonyl (C=O) groups is 1. The van der Waals surface area contributed by atoms with Gasteiger partial charge in [-0.05, 0) is 30.7 Å². The second-order valence-electron chi connectivity index (χ2n) is 5.99. The van der Waals surface area contributed by atoms with Crippen LogP contribution in [0.3, 0.4) is 0 Å². The smallest absolute Gasteiger partial charge is 0.316 e. The molecule has 0 saturated carbocycles. The molecule has 1 N–H and O–H groups in total. The summed E-state index contributed by atoms with van der Waals surface area (Å²) in [6.07, 6.45) is 5.09. The Bertz CT molecular complexity index is 1120. The molecule has 3 aromatic heterocycles. The summed E-state index contributed by atoms with van der Waals surface area (Å²) in [5, 5.41) is 11.6. The van der Waals surface area contributed by atoms with Gasteiger partial charge in [-0.1, -0.05) is 35.0 Å². The molecular weight excluding hydrogens is 380 g/mol. The minimum Gasteiger partial charge on any atom is -0.344 e. The normalized spacial score (nSPS) is 10.8. The molecule has 0 atom stereocenters. The van der Waals surface area contributed by atoms with Crippen LogP contribution in [-0.4, -0.2) is 30.8 Å². The fourth-order valence-electron chi connectivity index (χ4n) is 2.63. The minimum absolute atomic E-state index is 0.121. The van der Waals surface area contributed by atoms with E-state index in [-0.39, 0.29) is 11.7 Å². The number of pyridine rings is 1. The Morgan fingerprint density at radius 2 is 2.11 bits per heavy atom. The minimum atomic E-state index is -0.459. The van der Waals surface area contributed by atoms with Crippen LogP contribution in [0, 0.1) is 6.92 Å². The third kappa shape index (κ3) is 3.63. The van der Waals surface area contributed by atoms with Crippen LogP contribution in [0.15, 0.2) is 59.5 Å². The zero-order valence-electron chi connectivity index (χ0n) is 14.8. The number of nitrogens with zero attached hydrogens (tertiary/aromatic N) is 5. The van der Waals surface area contributed by atoms with Crippen LogP contribution in [0.4, 0.5) is 0 Å². The lowest BCUT2D eigenvalue weighted by Crippen LogP contribution is -2.23. The molecule has 8 nitrogen and oxygen atoms in total. The van der Waals surface area contributed by atoms with Gasteiger partial charge in [0.05, 0.1) is 22.0 Å². The number of amides is 1. The molecule has 140 valence electrons. The van der Waals surface area contributed by atoms with E-state index in [1.165, 1.54) is 0 Å². The van der Waals surface area contributed by atoms with Gasteiger partial charge in [-0.3, -0.25) is 9.78 Å². The van der Waals surface area contributed by atoms with E-state index in [1.54, 1.807) is 35.4 Å². The molecule has 0 aliphatic carbocycles. The van der Waals surface area contributed by atoms with Gasteiger partial charge in [0.2, 0.25) is 5.82 Å². The largest absolute Gasteiger partial charge is 0.344 e. The number of benzene rings is 1. The van der Waals surface area contributed by atoms with Gasteiger partial charge in [-0.25, -0.2) is 4.68 Å². The van der Waals surface area contributed by atoms with Gasteiger partial charge in [-0.15, -0.1) is 0 Å².